The van der Waals surface area contributed by atoms with Gasteiger partial charge in [0.25, 0.3) is 11.6 Å². The highest BCUT2D eigenvalue weighted by Gasteiger charge is 2.16. The topological polar surface area (TPSA) is 118 Å². The number of nitro groups is 1. The summed E-state index contributed by atoms with van der Waals surface area (Å²) in [4.78, 5) is 23.6. The number of amides is 1. The first-order chi connectivity index (χ1) is 16.9. The third-order valence-electron chi connectivity index (χ3n) is 4.97. The van der Waals surface area contributed by atoms with Crippen LogP contribution in [0.25, 0.3) is 0 Å². The van der Waals surface area contributed by atoms with Crippen LogP contribution >= 0.6 is 0 Å². The molecule has 0 bridgehead atoms. The van der Waals surface area contributed by atoms with E-state index in [1.54, 1.807) is 37.6 Å². The average molecular weight is 474 g/mol. The van der Waals surface area contributed by atoms with Gasteiger partial charge in [-0.2, -0.15) is 5.10 Å². The van der Waals surface area contributed by atoms with E-state index in [0.717, 1.165) is 11.3 Å². The van der Waals surface area contributed by atoms with Gasteiger partial charge in [-0.05, 0) is 48.9 Å². The fourth-order valence-corrected chi connectivity index (χ4v) is 3.20. The first-order valence-electron chi connectivity index (χ1n) is 10.6. The fourth-order valence-electron chi connectivity index (χ4n) is 3.20. The molecule has 4 rings (SSSR count). The van der Waals surface area contributed by atoms with Gasteiger partial charge in [0.1, 0.15) is 23.0 Å². The molecule has 4 aromatic rings. The Labute approximate surface area is 200 Å². The Morgan fingerprint density at radius 3 is 2.49 bits per heavy atom. The summed E-state index contributed by atoms with van der Waals surface area (Å²) in [6.07, 6.45) is 1.61. The van der Waals surface area contributed by atoms with Crippen molar-refractivity contribution >= 4 is 17.3 Å². The SMILES string of the molecule is COc1ccc(Oc2cc(NC(=O)c3ccn(COc4ccccc4C)n3)cc([N+](=O)[O-])c2)cc1. The highest BCUT2D eigenvalue weighted by atomic mass is 16.6. The lowest BCUT2D eigenvalue weighted by atomic mass is 10.2. The molecule has 178 valence electrons. The lowest BCUT2D eigenvalue weighted by Crippen LogP contribution is -2.14. The first kappa shape index (κ1) is 23.3. The van der Waals surface area contributed by atoms with E-state index >= 15 is 0 Å². The van der Waals surface area contributed by atoms with Crippen molar-refractivity contribution in [3.8, 4) is 23.0 Å². The molecule has 0 saturated heterocycles. The molecule has 0 saturated carbocycles. The molecule has 0 radical (unpaired) electrons. The predicted molar refractivity (Wildman–Crippen MR) is 128 cm³/mol. The molecule has 0 aliphatic carbocycles. The van der Waals surface area contributed by atoms with Gasteiger partial charge < -0.3 is 19.5 Å². The molecule has 0 unspecified atom stereocenters. The summed E-state index contributed by atoms with van der Waals surface area (Å²) in [7, 11) is 1.55. The molecular weight excluding hydrogens is 452 g/mol. The number of hydrogen-bond donors (Lipinski definition) is 1. The van der Waals surface area contributed by atoms with E-state index in [-0.39, 0.29) is 29.5 Å². The Morgan fingerprint density at radius 1 is 1.03 bits per heavy atom. The Hall–Kier alpha value is -4.86. The number of aromatic nitrogens is 2. The molecular formula is C25H22N4O6. The summed E-state index contributed by atoms with van der Waals surface area (Å²) in [6, 6.07) is 19.9. The van der Waals surface area contributed by atoms with E-state index < -0.39 is 10.8 Å². The number of methoxy groups -OCH3 is 1. The van der Waals surface area contributed by atoms with Gasteiger partial charge in [-0.15, -0.1) is 0 Å². The van der Waals surface area contributed by atoms with Gasteiger partial charge in [0.2, 0.25) is 0 Å². The van der Waals surface area contributed by atoms with Crippen LogP contribution in [0.5, 0.6) is 23.0 Å². The second kappa shape index (κ2) is 10.4. The third kappa shape index (κ3) is 5.93. The van der Waals surface area contributed by atoms with Crippen molar-refractivity contribution in [3.63, 3.8) is 0 Å². The summed E-state index contributed by atoms with van der Waals surface area (Å²) < 4.78 is 18.1. The van der Waals surface area contributed by atoms with Gasteiger partial charge >= 0.3 is 0 Å². The van der Waals surface area contributed by atoms with Crippen molar-refractivity contribution in [1.82, 2.24) is 9.78 Å². The number of non-ortho nitro benzene ring substituents is 1. The maximum absolute atomic E-state index is 12.7. The van der Waals surface area contributed by atoms with Crippen LogP contribution in [-0.4, -0.2) is 27.7 Å². The van der Waals surface area contributed by atoms with Crippen molar-refractivity contribution in [3.05, 3.63) is 100 Å². The molecule has 1 aromatic heterocycles. The fraction of sp³-hybridized carbons (Fsp3) is 0.120. The number of anilines is 1. The largest absolute Gasteiger partial charge is 0.497 e. The van der Waals surface area contributed by atoms with Crippen molar-refractivity contribution in [2.24, 2.45) is 0 Å². The molecule has 0 aliphatic heterocycles. The third-order valence-corrected chi connectivity index (χ3v) is 4.97. The van der Waals surface area contributed by atoms with Gasteiger partial charge in [0, 0.05) is 18.3 Å². The highest BCUT2D eigenvalue weighted by Crippen LogP contribution is 2.30. The molecule has 0 fully saturated rings. The van der Waals surface area contributed by atoms with Crippen LogP contribution in [0.3, 0.4) is 0 Å². The summed E-state index contributed by atoms with van der Waals surface area (Å²) in [5.41, 5.74) is 1.07. The number of rotatable bonds is 9. The van der Waals surface area contributed by atoms with Crippen LogP contribution in [0, 0.1) is 17.0 Å². The smallest absolute Gasteiger partial charge is 0.276 e. The zero-order valence-corrected chi connectivity index (χ0v) is 19.0. The van der Waals surface area contributed by atoms with E-state index in [0.29, 0.717) is 11.5 Å². The van der Waals surface area contributed by atoms with Crippen molar-refractivity contribution in [2.45, 2.75) is 13.7 Å². The minimum atomic E-state index is -0.561. The minimum Gasteiger partial charge on any atom is -0.497 e. The lowest BCUT2D eigenvalue weighted by molar-refractivity contribution is -0.384. The van der Waals surface area contributed by atoms with Crippen LogP contribution in [-0.2, 0) is 6.73 Å². The number of carbonyl (C=O) groups excluding carboxylic acids is 1. The molecule has 1 N–H and O–H groups in total. The first-order valence-corrected chi connectivity index (χ1v) is 10.6. The molecule has 3 aromatic carbocycles. The number of para-hydroxylation sites is 1. The summed E-state index contributed by atoms with van der Waals surface area (Å²) in [5, 5.41) is 18.3. The van der Waals surface area contributed by atoms with Crippen molar-refractivity contribution < 1.29 is 23.9 Å². The van der Waals surface area contributed by atoms with E-state index in [4.69, 9.17) is 14.2 Å². The van der Waals surface area contributed by atoms with Gasteiger partial charge in [-0.1, -0.05) is 18.2 Å². The van der Waals surface area contributed by atoms with Gasteiger partial charge in [0.15, 0.2) is 12.4 Å². The maximum Gasteiger partial charge on any atom is 0.276 e. The van der Waals surface area contributed by atoms with Crippen LogP contribution in [0.1, 0.15) is 16.1 Å². The predicted octanol–water partition coefficient (Wildman–Crippen LogP) is 5.19. The van der Waals surface area contributed by atoms with Crippen LogP contribution in [0.15, 0.2) is 79.0 Å². The second-order valence-corrected chi connectivity index (χ2v) is 7.48. The Bertz CT molecular complexity index is 1350. The number of nitrogens with zero attached hydrogens (tertiary/aromatic N) is 3. The van der Waals surface area contributed by atoms with E-state index in [1.165, 1.54) is 28.9 Å². The number of carbonyl (C=O) groups is 1. The van der Waals surface area contributed by atoms with Crippen molar-refractivity contribution in [1.29, 1.82) is 0 Å². The zero-order valence-electron chi connectivity index (χ0n) is 19.0. The number of nitrogens with one attached hydrogen (secondary N) is 1. The van der Waals surface area contributed by atoms with Gasteiger partial charge in [-0.3, -0.25) is 14.9 Å². The van der Waals surface area contributed by atoms with Crippen LogP contribution < -0.4 is 19.5 Å². The number of hydrogen-bond acceptors (Lipinski definition) is 7. The monoisotopic (exact) mass is 474 g/mol. The van der Waals surface area contributed by atoms with E-state index in [2.05, 4.69) is 10.4 Å². The van der Waals surface area contributed by atoms with Gasteiger partial charge in [-0.25, -0.2) is 4.68 Å². The molecule has 35 heavy (non-hydrogen) atoms. The molecule has 10 nitrogen and oxygen atoms in total. The Morgan fingerprint density at radius 2 is 1.77 bits per heavy atom. The molecule has 1 amide bonds. The summed E-state index contributed by atoms with van der Waals surface area (Å²) in [5.74, 6) is 1.48. The van der Waals surface area contributed by atoms with Crippen LogP contribution in [0.4, 0.5) is 11.4 Å². The highest BCUT2D eigenvalue weighted by molar-refractivity contribution is 6.03. The van der Waals surface area contributed by atoms with Gasteiger partial charge in [0.05, 0.1) is 23.8 Å². The molecule has 10 heteroatoms. The van der Waals surface area contributed by atoms with E-state index in [1.807, 2.05) is 31.2 Å². The van der Waals surface area contributed by atoms with E-state index in [9.17, 15) is 14.9 Å². The number of aryl methyl sites for hydroxylation is 1. The average Bonchev–Trinajstić information content (AvgIpc) is 3.33. The minimum absolute atomic E-state index is 0.120. The molecule has 0 aliphatic rings. The Balaban J connectivity index is 1.46. The quantitative estimate of drug-likeness (QED) is 0.262. The summed E-state index contributed by atoms with van der Waals surface area (Å²) >= 11 is 0. The second-order valence-electron chi connectivity index (χ2n) is 7.48. The number of benzene rings is 3. The summed E-state index contributed by atoms with van der Waals surface area (Å²) in [6.45, 7) is 2.05. The van der Waals surface area contributed by atoms with Crippen LogP contribution in [0.2, 0.25) is 0 Å². The lowest BCUT2D eigenvalue weighted by Gasteiger charge is -2.10. The van der Waals surface area contributed by atoms with Crippen molar-refractivity contribution in [2.75, 3.05) is 12.4 Å². The molecule has 1 heterocycles. The maximum atomic E-state index is 12.7. The Kier molecular flexibility index (Phi) is 6.91. The number of nitro benzene ring substituents is 1. The normalized spacial score (nSPS) is 10.5. The zero-order chi connectivity index (χ0) is 24.8. The molecule has 0 spiro atoms. The number of ether oxygens (including phenoxy) is 3. The standard InChI is InChI=1S/C25H22N4O6/c1-17-5-3-4-6-24(17)34-16-28-12-11-23(27-28)25(30)26-18-13-19(29(31)32)15-22(14-18)35-21-9-7-20(33-2)8-10-21/h3-15H,16H2,1-2H3,(H,26,30). The molecule has 0 atom stereocenters.